The Labute approximate surface area is 254 Å². The summed E-state index contributed by atoms with van der Waals surface area (Å²) < 4.78 is 48.3. The Morgan fingerprint density at radius 3 is 2.64 bits per heavy atom. The Hall–Kier alpha value is -4.59. The SMILES string of the molecule is CN1CCN(Cc2ccc(C(=O)Nc3cc(Oc4nc(-c5cccnc5)nc5[nH]ncc45)ccc3Cl)cc2C(F)(F)F)CC1. The summed E-state index contributed by atoms with van der Waals surface area (Å²) in [4.78, 5) is 30.4. The van der Waals surface area contributed by atoms with E-state index in [-0.39, 0.29) is 40.0 Å². The van der Waals surface area contributed by atoms with Crippen LogP contribution in [0.1, 0.15) is 21.5 Å². The monoisotopic (exact) mass is 622 g/mol. The summed E-state index contributed by atoms with van der Waals surface area (Å²) >= 11 is 6.35. The van der Waals surface area contributed by atoms with Gasteiger partial charge in [-0.1, -0.05) is 17.7 Å². The topological polar surface area (TPSA) is 112 Å². The Balaban J connectivity index is 1.24. The van der Waals surface area contributed by atoms with E-state index >= 15 is 0 Å². The predicted octanol–water partition coefficient (Wildman–Crippen LogP) is 5.88. The van der Waals surface area contributed by atoms with Crippen molar-refractivity contribution in [2.24, 2.45) is 0 Å². The summed E-state index contributed by atoms with van der Waals surface area (Å²) in [6.07, 6.45) is 0.128. The summed E-state index contributed by atoms with van der Waals surface area (Å²) in [5, 5.41) is 10.1. The Morgan fingerprint density at radius 1 is 1.07 bits per heavy atom. The molecule has 44 heavy (non-hydrogen) atoms. The average Bonchev–Trinajstić information content (AvgIpc) is 3.49. The zero-order chi connectivity index (χ0) is 30.8. The molecule has 2 aromatic carbocycles. The molecule has 3 aromatic heterocycles. The van der Waals surface area contributed by atoms with Crippen LogP contribution < -0.4 is 10.1 Å². The number of pyridine rings is 1. The van der Waals surface area contributed by atoms with Crippen molar-refractivity contribution in [3.8, 4) is 23.0 Å². The highest BCUT2D eigenvalue weighted by Crippen LogP contribution is 2.35. The normalized spacial score (nSPS) is 14.6. The molecule has 2 N–H and O–H groups in total. The first kappa shape index (κ1) is 29.5. The van der Waals surface area contributed by atoms with Crippen LogP contribution in [0, 0.1) is 0 Å². The van der Waals surface area contributed by atoms with Crippen molar-refractivity contribution in [2.45, 2.75) is 12.7 Å². The minimum absolute atomic E-state index is 0.119. The van der Waals surface area contributed by atoms with Gasteiger partial charge in [-0.2, -0.15) is 23.3 Å². The second-order valence-electron chi connectivity index (χ2n) is 10.4. The first-order valence-electron chi connectivity index (χ1n) is 13.7. The van der Waals surface area contributed by atoms with E-state index in [2.05, 4.69) is 35.4 Å². The number of nitrogens with one attached hydrogen (secondary N) is 2. The third kappa shape index (κ3) is 6.49. The number of carbonyl (C=O) groups excluding carboxylic acids is 1. The number of carbonyl (C=O) groups is 1. The Morgan fingerprint density at radius 2 is 1.89 bits per heavy atom. The zero-order valence-electron chi connectivity index (χ0n) is 23.4. The van der Waals surface area contributed by atoms with Crippen LogP contribution >= 0.6 is 11.6 Å². The molecule has 1 aliphatic rings. The molecule has 226 valence electrons. The number of nitrogens with zero attached hydrogens (tertiary/aromatic N) is 6. The van der Waals surface area contributed by atoms with Crippen LogP contribution in [0.4, 0.5) is 18.9 Å². The number of alkyl halides is 3. The molecule has 1 amide bonds. The lowest BCUT2D eigenvalue weighted by molar-refractivity contribution is -0.138. The summed E-state index contributed by atoms with van der Waals surface area (Å²) in [6, 6.07) is 11.7. The van der Waals surface area contributed by atoms with Gasteiger partial charge in [0.25, 0.3) is 5.91 Å². The number of piperazine rings is 1. The number of hydrogen-bond donors (Lipinski definition) is 2. The van der Waals surface area contributed by atoms with Gasteiger partial charge in [0, 0.05) is 62.3 Å². The molecule has 4 heterocycles. The molecule has 14 heteroatoms. The van der Waals surface area contributed by atoms with Crippen LogP contribution in [-0.2, 0) is 12.7 Å². The number of likely N-dealkylation sites (N-methyl/N-ethyl adjacent to an activating group) is 1. The van der Waals surface area contributed by atoms with Crippen LogP contribution in [0.5, 0.6) is 11.6 Å². The van der Waals surface area contributed by atoms with Crippen molar-refractivity contribution in [1.82, 2.24) is 34.9 Å². The van der Waals surface area contributed by atoms with Gasteiger partial charge >= 0.3 is 6.18 Å². The number of aromatic nitrogens is 5. The molecule has 6 rings (SSSR count). The molecule has 0 saturated carbocycles. The van der Waals surface area contributed by atoms with Gasteiger partial charge in [0.15, 0.2) is 11.5 Å². The molecule has 0 spiro atoms. The number of amides is 1. The molecule has 0 bridgehead atoms. The van der Waals surface area contributed by atoms with Gasteiger partial charge in [0.2, 0.25) is 5.88 Å². The minimum Gasteiger partial charge on any atom is -0.438 e. The molecule has 0 aliphatic carbocycles. The van der Waals surface area contributed by atoms with E-state index in [0.29, 0.717) is 35.5 Å². The van der Waals surface area contributed by atoms with Crippen molar-refractivity contribution >= 4 is 34.2 Å². The minimum atomic E-state index is -4.63. The largest absolute Gasteiger partial charge is 0.438 e. The second kappa shape index (κ2) is 12.2. The van der Waals surface area contributed by atoms with Crippen LogP contribution in [0.25, 0.3) is 22.4 Å². The van der Waals surface area contributed by atoms with Gasteiger partial charge in [-0.3, -0.25) is 19.8 Å². The van der Waals surface area contributed by atoms with E-state index in [1.165, 1.54) is 30.5 Å². The number of ether oxygens (including phenoxy) is 1. The Kier molecular flexibility index (Phi) is 8.17. The zero-order valence-corrected chi connectivity index (χ0v) is 24.2. The average molecular weight is 623 g/mol. The maximum Gasteiger partial charge on any atom is 0.416 e. The van der Waals surface area contributed by atoms with Crippen molar-refractivity contribution in [3.05, 3.63) is 88.8 Å². The van der Waals surface area contributed by atoms with Crippen LogP contribution in [0.2, 0.25) is 5.02 Å². The number of benzene rings is 2. The van der Waals surface area contributed by atoms with Crippen molar-refractivity contribution in [2.75, 3.05) is 38.5 Å². The van der Waals surface area contributed by atoms with E-state index in [1.807, 2.05) is 11.9 Å². The van der Waals surface area contributed by atoms with Gasteiger partial charge in [0.05, 0.1) is 22.5 Å². The van der Waals surface area contributed by atoms with Crippen LogP contribution in [0.3, 0.4) is 0 Å². The fraction of sp³-hybridized carbons (Fsp3) is 0.233. The summed E-state index contributed by atoms with van der Waals surface area (Å²) in [5.74, 6) is 0.0530. The number of H-pyrrole nitrogens is 1. The fourth-order valence-electron chi connectivity index (χ4n) is 4.85. The maximum atomic E-state index is 14.1. The third-order valence-corrected chi connectivity index (χ3v) is 7.59. The predicted molar refractivity (Wildman–Crippen MR) is 159 cm³/mol. The Bertz CT molecular complexity index is 1810. The molecular weight excluding hydrogens is 597 g/mol. The lowest BCUT2D eigenvalue weighted by Crippen LogP contribution is -2.44. The van der Waals surface area contributed by atoms with Gasteiger partial charge in [-0.25, -0.2) is 4.98 Å². The number of fused-ring (bicyclic) bond motifs is 1. The number of rotatable bonds is 7. The first-order valence-corrected chi connectivity index (χ1v) is 14.0. The molecule has 5 aromatic rings. The van der Waals surface area contributed by atoms with E-state index in [9.17, 15) is 18.0 Å². The van der Waals surface area contributed by atoms with E-state index in [0.717, 1.165) is 19.2 Å². The summed E-state index contributed by atoms with van der Waals surface area (Å²) in [6.45, 7) is 3.03. The van der Waals surface area contributed by atoms with E-state index in [4.69, 9.17) is 16.3 Å². The molecule has 1 saturated heterocycles. The highest BCUT2D eigenvalue weighted by Gasteiger charge is 2.34. The highest BCUT2D eigenvalue weighted by atomic mass is 35.5. The molecular formula is C30H26ClF3N8O2. The van der Waals surface area contributed by atoms with Gasteiger partial charge in [-0.05, 0) is 49.0 Å². The molecule has 10 nitrogen and oxygen atoms in total. The first-order chi connectivity index (χ1) is 21.1. The van der Waals surface area contributed by atoms with Crippen molar-refractivity contribution < 1.29 is 22.7 Å². The summed E-state index contributed by atoms with van der Waals surface area (Å²) in [7, 11) is 1.98. The van der Waals surface area contributed by atoms with Crippen molar-refractivity contribution in [1.29, 1.82) is 0 Å². The van der Waals surface area contributed by atoms with Gasteiger partial charge in [-0.15, -0.1) is 0 Å². The number of anilines is 1. The van der Waals surface area contributed by atoms with E-state index < -0.39 is 17.6 Å². The standard InChI is InChI=1S/C30H26ClF3N8O2/c1-41-9-11-42(12-10-41)17-20-5-4-18(13-23(20)30(32,33)34)28(43)37-25-14-21(6-7-24(25)31)44-29-22-16-36-40-27(22)38-26(39-29)19-3-2-8-35-15-19/h2-8,13-16H,9-12,17H2,1H3,(H,37,43)(H,36,38,39,40). The van der Waals surface area contributed by atoms with Gasteiger partial charge < -0.3 is 15.0 Å². The molecule has 1 aliphatic heterocycles. The fourth-order valence-corrected chi connectivity index (χ4v) is 5.01. The lowest BCUT2D eigenvalue weighted by atomic mass is 10.0. The summed E-state index contributed by atoms with van der Waals surface area (Å²) in [5.41, 5.74) is 0.365. The quantitative estimate of drug-likeness (QED) is 0.232. The molecule has 0 unspecified atom stereocenters. The smallest absolute Gasteiger partial charge is 0.416 e. The molecule has 1 fully saturated rings. The second-order valence-corrected chi connectivity index (χ2v) is 10.8. The van der Waals surface area contributed by atoms with Crippen LogP contribution in [-0.4, -0.2) is 74.1 Å². The van der Waals surface area contributed by atoms with Crippen LogP contribution in [0.15, 0.2) is 67.1 Å². The highest BCUT2D eigenvalue weighted by molar-refractivity contribution is 6.34. The number of aromatic amines is 1. The molecule has 0 radical (unpaired) electrons. The third-order valence-electron chi connectivity index (χ3n) is 7.26. The van der Waals surface area contributed by atoms with Gasteiger partial charge in [0.1, 0.15) is 11.1 Å². The lowest BCUT2D eigenvalue weighted by Gasteiger charge is -2.33. The van der Waals surface area contributed by atoms with E-state index in [1.54, 1.807) is 30.6 Å². The number of hydrogen-bond acceptors (Lipinski definition) is 8. The maximum absolute atomic E-state index is 14.1. The molecule has 0 atom stereocenters. The number of halogens is 4. The van der Waals surface area contributed by atoms with Crippen molar-refractivity contribution in [3.63, 3.8) is 0 Å².